The number of carbonyl (C=O) groups is 2. The number of carbonyl (C=O) groups excluding carboxylic acids is 2. The van der Waals surface area contributed by atoms with Gasteiger partial charge in [0.25, 0.3) is 5.91 Å². The predicted octanol–water partition coefficient (Wildman–Crippen LogP) is 4.01. The van der Waals surface area contributed by atoms with Crippen molar-refractivity contribution in [3.8, 4) is 5.75 Å². The molecule has 218 valence electrons. The molecule has 0 saturated carbocycles. The van der Waals surface area contributed by atoms with Gasteiger partial charge in [0.2, 0.25) is 10.0 Å². The fraction of sp³-hybridized carbons (Fsp3) is 0.310. The Morgan fingerprint density at radius 2 is 1.78 bits per heavy atom. The van der Waals surface area contributed by atoms with Crippen molar-refractivity contribution in [2.45, 2.75) is 30.9 Å². The minimum Gasteiger partial charge on any atom is -0.486 e. The van der Waals surface area contributed by atoms with Gasteiger partial charge in [0.1, 0.15) is 11.9 Å². The number of ether oxygens (including phenoxy) is 1. The molecule has 3 aromatic carbocycles. The molecule has 1 aliphatic heterocycles. The highest BCUT2D eigenvalue weighted by atomic mass is 32.2. The Labute approximate surface area is 238 Å². The number of benzene rings is 3. The van der Waals surface area contributed by atoms with Crippen molar-refractivity contribution in [3.63, 3.8) is 0 Å². The molecule has 0 saturated heterocycles. The number of hydrogen-bond donors (Lipinski definition) is 3. The van der Waals surface area contributed by atoms with Crippen molar-refractivity contribution in [2.75, 3.05) is 37.4 Å². The number of anilines is 2. The molecule has 3 aromatic rings. The summed E-state index contributed by atoms with van der Waals surface area (Å²) in [5.74, 6) is -1.15. The number of amides is 3. The highest BCUT2D eigenvalue weighted by molar-refractivity contribution is 7.89. The zero-order chi connectivity index (χ0) is 29.7. The SMILES string of the molecule is C[C@H]1CN([C@@H](C)CO)C(=O)c2cccc(NC(=O)Nc3ccc(F)cc3)c2O[C@@H]1CN(C)S(=O)(=O)c1ccccc1. The van der Waals surface area contributed by atoms with Crippen molar-refractivity contribution in [1.29, 1.82) is 0 Å². The highest BCUT2D eigenvalue weighted by Gasteiger charge is 2.36. The number of sulfonamides is 1. The van der Waals surface area contributed by atoms with E-state index in [9.17, 15) is 27.5 Å². The number of nitrogens with zero attached hydrogens (tertiary/aromatic N) is 2. The van der Waals surface area contributed by atoms with Crippen LogP contribution < -0.4 is 15.4 Å². The lowest BCUT2D eigenvalue weighted by Crippen LogP contribution is -2.50. The average molecular weight is 585 g/mol. The molecule has 0 unspecified atom stereocenters. The molecule has 4 rings (SSSR count). The lowest BCUT2D eigenvalue weighted by Gasteiger charge is -2.38. The molecule has 1 heterocycles. The zero-order valence-corrected chi connectivity index (χ0v) is 23.8. The van der Waals surface area contributed by atoms with Crippen LogP contribution in [-0.4, -0.2) is 73.6 Å². The number of halogens is 1. The van der Waals surface area contributed by atoms with Crippen molar-refractivity contribution in [1.82, 2.24) is 9.21 Å². The standard InChI is InChI=1S/C29H33FN4O6S/c1-19-16-34(20(2)18-35)28(36)24-10-7-11-25(32-29(37)31-22-14-12-21(30)13-15-22)27(24)40-26(19)17-33(3)41(38,39)23-8-5-4-6-9-23/h4-15,19-20,26,35H,16-18H2,1-3H3,(H2,31,32,37)/t19-,20-,26+/m0/s1. The molecule has 3 atom stereocenters. The maximum atomic E-state index is 13.6. The van der Waals surface area contributed by atoms with Gasteiger partial charge in [-0.3, -0.25) is 4.79 Å². The topological polar surface area (TPSA) is 128 Å². The molecule has 0 aromatic heterocycles. The van der Waals surface area contributed by atoms with E-state index in [1.165, 1.54) is 52.7 Å². The number of aliphatic hydroxyl groups is 1. The number of aliphatic hydroxyl groups excluding tert-OH is 1. The van der Waals surface area contributed by atoms with Crippen LogP contribution in [-0.2, 0) is 10.0 Å². The van der Waals surface area contributed by atoms with Crippen molar-refractivity contribution >= 4 is 33.3 Å². The van der Waals surface area contributed by atoms with Crippen LogP contribution in [0.1, 0.15) is 24.2 Å². The van der Waals surface area contributed by atoms with Crippen molar-refractivity contribution in [2.24, 2.45) is 5.92 Å². The fourth-order valence-electron chi connectivity index (χ4n) is 4.50. The quantitative estimate of drug-likeness (QED) is 0.367. The lowest BCUT2D eigenvalue weighted by atomic mass is 9.99. The van der Waals surface area contributed by atoms with Gasteiger partial charge in [0, 0.05) is 25.2 Å². The first kappa shape index (κ1) is 30.0. The van der Waals surface area contributed by atoms with E-state index in [1.54, 1.807) is 43.3 Å². The molecule has 0 bridgehead atoms. The van der Waals surface area contributed by atoms with Crippen LogP contribution in [0.3, 0.4) is 0 Å². The van der Waals surface area contributed by atoms with Gasteiger partial charge < -0.3 is 25.4 Å². The third-order valence-corrected chi connectivity index (χ3v) is 8.77. The van der Waals surface area contributed by atoms with Crippen LogP contribution in [0.4, 0.5) is 20.6 Å². The second-order valence-corrected chi connectivity index (χ2v) is 12.0. The van der Waals surface area contributed by atoms with Gasteiger partial charge in [0.05, 0.1) is 35.3 Å². The van der Waals surface area contributed by atoms with Crippen molar-refractivity contribution < 1.29 is 32.2 Å². The fourth-order valence-corrected chi connectivity index (χ4v) is 5.71. The summed E-state index contributed by atoms with van der Waals surface area (Å²) < 4.78 is 47.4. The van der Waals surface area contributed by atoms with Crippen LogP contribution in [0.25, 0.3) is 0 Å². The van der Waals surface area contributed by atoms with Gasteiger partial charge in [-0.2, -0.15) is 4.31 Å². The number of para-hydroxylation sites is 1. The lowest BCUT2D eigenvalue weighted by molar-refractivity contribution is 0.0389. The monoisotopic (exact) mass is 584 g/mol. The van der Waals surface area contributed by atoms with E-state index in [2.05, 4.69) is 10.6 Å². The first-order chi connectivity index (χ1) is 19.5. The largest absolute Gasteiger partial charge is 0.486 e. The molecule has 0 spiro atoms. The third-order valence-electron chi connectivity index (χ3n) is 6.93. The van der Waals surface area contributed by atoms with Crippen molar-refractivity contribution in [3.05, 3.63) is 84.2 Å². The van der Waals surface area contributed by atoms with Crippen LogP contribution in [0.5, 0.6) is 5.75 Å². The van der Waals surface area contributed by atoms with Crippen LogP contribution in [0.2, 0.25) is 0 Å². The van der Waals surface area contributed by atoms with Gasteiger partial charge in [-0.1, -0.05) is 31.2 Å². The third kappa shape index (κ3) is 6.84. The number of nitrogens with one attached hydrogen (secondary N) is 2. The van der Waals surface area contributed by atoms with E-state index in [-0.39, 0.29) is 47.5 Å². The van der Waals surface area contributed by atoms with Crippen LogP contribution in [0.15, 0.2) is 77.7 Å². The maximum Gasteiger partial charge on any atom is 0.323 e. The number of rotatable bonds is 8. The molecule has 0 fully saturated rings. The molecule has 0 radical (unpaired) electrons. The van der Waals surface area contributed by atoms with Gasteiger partial charge in [-0.05, 0) is 55.5 Å². The molecular weight excluding hydrogens is 551 g/mol. The van der Waals surface area contributed by atoms with E-state index >= 15 is 0 Å². The second kappa shape index (κ2) is 12.7. The van der Waals surface area contributed by atoms with E-state index in [1.807, 2.05) is 6.92 Å². The minimum absolute atomic E-state index is 0.0521. The Balaban J connectivity index is 1.68. The summed E-state index contributed by atoms with van der Waals surface area (Å²) in [7, 11) is -2.39. The molecule has 12 heteroatoms. The molecule has 1 aliphatic rings. The summed E-state index contributed by atoms with van der Waals surface area (Å²) in [5, 5.41) is 15.2. The predicted molar refractivity (Wildman–Crippen MR) is 153 cm³/mol. The summed E-state index contributed by atoms with van der Waals surface area (Å²) in [6.45, 7) is 3.42. The summed E-state index contributed by atoms with van der Waals surface area (Å²) in [6, 6.07) is 16.8. The van der Waals surface area contributed by atoms with E-state index in [0.717, 1.165) is 0 Å². The second-order valence-electron chi connectivity index (χ2n) is 9.99. The Bertz CT molecular complexity index is 1490. The van der Waals surface area contributed by atoms with Gasteiger partial charge in [0.15, 0.2) is 5.75 Å². The summed E-state index contributed by atoms with van der Waals surface area (Å²) >= 11 is 0. The minimum atomic E-state index is -3.85. The molecule has 3 amide bonds. The highest BCUT2D eigenvalue weighted by Crippen LogP contribution is 2.35. The number of hydrogen-bond acceptors (Lipinski definition) is 6. The number of urea groups is 1. The molecular formula is C29H33FN4O6S. The van der Waals surface area contributed by atoms with Crippen LogP contribution >= 0.6 is 0 Å². The first-order valence-corrected chi connectivity index (χ1v) is 14.5. The molecule has 41 heavy (non-hydrogen) atoms. The van der Waals surface area contributed by atoms with Gasteiger partial charge >= 0.3 is 6.03 Å². The normalized spacial score (nSPS) is 18.1. The maximum absolute atomic E-state index is 13.6. The van der Waals surface area contributed by atoms with Gasteiger partial charge in [-0.25, -0.2) is 17.6 Å². The Kier molecular flexibility index (Phi) is 9.26. The zero-order valence-electron chi connectivity index (χ0n) is 23.0. The first-order valence-electron chi connectivity index (χ1n) is 13.1. The number of fused-ring (bicyclic) bond motifs is 1. The summed E-state index contributed by atoms with van der Waals surface area (Å²) in [5.41, 5.74) is 0.678. The van der Waals surface area contributed by atoms with Crippen LogP contribution in [0, 0.1) is 11.7 Å². The van der Waals surface area contributed by atoms with E-state index in [4.69, 9.17) is 4.74 Å². The number of likely N-dealkylation sites (N-methyl/N-ethyl adjacent to an activating group) is 1. The Hall–Kier alpha value is -4.00. The Morgan fingerprint density at radius 1 is 1.10 bits per heavy atom. The molecule has 10 nitrogen and oxygen atoms in total. The Morgan fingerprint density at radius 3 is 2.44 bits per heavy atom. The smallest absolute Gasteiger partial charge is 0.323 e. The average Bonchev–Trinajstić information content (AvgIpc) is 2.96. The van der Waals surface area contributed by atoms with E-state index < -0.39 is 39.9 Å². The summed E-state index contributed by atoms with van der Waals surface area (Å²) in [6.07, 6.45) is -0.734. The summed E-state index contributed by atoms with van der Waals surface area (Å²) in [4.78, 5) is 28.1. The molecule has 0 aliphatic carbocycles. The van der Waals surface area contributed by atoms with Gasteiger partial charge in [-0.15, -0.1) is 0 Å². The molecule has 3 N–H and O–H groups in total. The van der Waals surface area contributed by atoms with E-state index in [0.29, 0.717) is 5.69 Å².